The molecule has 7 heteroatoms. The molecule has 0 saturated carbocycles. The molecular weight excluding hydrogens is 362 g/mol. The van der Waals surface area contributed by atoms with Crippen molar-refractivity contribution in [3.63, 3.8) is 0 Å². The standard InChI is InChI=1S/C20H25N3O3S/c1-21-19(22-12-16-3-2-10-27-16)23-13-20(6-8-24-9-7-20)15-4-5-17-18(11-15)26-14-25-17/h2-5,10-11H,6-9,12-14H2,1H3,(H2,21,22,23). The number of nitrogens with one attached hydrogen (secondary N) is 2. The number of aliphatic imine (C=N–C) groups is 1. The lowest BCUT2D eigenvalue weighted by molar-refractivity contribution is 0.0513. The van der Waals surface area contributed by atoms with Gasteiger partial charge in [0.25, 0.3) is 0 Å². The maximum Gasteiger partial charge on any atom is 0.231 e. The molecule has 0 atom stereocenters. The van der Waals surface area contributed by atoms with Gasteiger partial charge in [0.2, 0.25) is 6.79 Å². The van der Waals surface area contributed by atoms with Gasteiger partial charge in [-0.25, -0.2) is 0 Å². The Balaban J connectivity index is 1.47. The van der Waals surface area contributed by atoms with Crippen LogP contribution in [0.3, 0.4) is 0 Å². The molecule has 0 spiro atoms. The van der Waals surface area contributed by atoms with Crippen LogP contribution in [0.2, 0.25) is 0 Å². The maximum absolute atomic E-state index is 5.64. The van der Waals surface area contributed by atoms with E-state index in [0.717, 1.165) is 56.6 Å². The lowest BCUT2D eigenvalue weighted by Crippen LogP contribution is -2.47. The lowest BCUT2D eigenvalue weighted by Gasteiger charge is -2.38. The van der Waals surface area contributed by atoms with Gasteiger partial charge in [-0.1, -0.05) is 12.1 Å². The Morgan fingerprint density at radius 2 is 2.00 bits per heavy atom. The van der Waals surface area contributed by atoms with Gasteiger partial charge in [0.05, 0.1) is 6.54 Å². The summed E-state index contributed by atoms with van der Waals surface area (Å²) < 4.78 is 16.7. The van der Waals surface area contributed by atoms with E-state index in [1.165, 1.54) is 10.4 Å². The van der Waals surface area contributed by atoms with Gasteiger partial charge in [-0.15, -0.1) is 11.3 Å². The molecule has 1 fully saturated rings. The molecule has 27 heavy (non-hydrogen) atoms. The summed E-state index contributed by atoms with van der Waals surface area (Å²) in [4.78, 5) is 5.66. The minimum atomic E-state index is -0.0141. The number of guanidine groups is 1. The van der Waals surface area contributed by atoms with E-state index in [2.05, 4.69) is 45.3 Å². The summed E-state index contributed by atoms with van der Waals surface area (Å²) in [6.45, 7) is 3.39. The van der Waals surface area contributed by atoms with Crippen LogP contribution in [0, 0.1) is 0 Å². The molecule has 0 amide bonds. The average Bonchev–Trinajstić information content (AvgIpc) is 3.40. The van der Waals surface area contributed by atoms with Crippen molar-refractivity contribution in [3.05, 3.63) is 46.2 Å². The fourth-order valence-electron chi connectivity index (χ4n) is 3.61. The van der Waals surface area contributed by atoms with Crippen molar-refractivity contribution >= 4 is 17.3 Å². The summed E-state index contributed by atoms with van der Waals surface area (Å²) in [5, 5.41) is 9.01. The third-order valence-corrected chi connectivity index (χ3v) is 6.14. The van der Waals surface area contributed by atoms with Crippen molar-refractivity contribution in [3.8, 4) is 11.5 Å². The predicted molar refractivity (Wildman–Crippen MR) is 107 cm³/mol. The van der Waals surface area contributed by atoms with Crippen molar-refractivity contribution in [1.82, 2.24) is 10.6 Å². The zero-order chi connectivity index (χ0) is 18.5. The van der Waals surface area contributed by atoms with Crippen LogP contribution in [0.5, 0.6) is 11.5 Å². The Morgan fingerprint density at radius 1 is 1.15 bits per heavy atom. The molecule has 3 heterocycles. The van der Waals surface area contributed by atoms with Gasteiger partial charge in [0, 0.05) is 37.1 Å². The Hall–Kier alpha value is -2.25. The van der Waals surface area contributed by atoms with Crippen LogP contribution in [0.4, 0.5) is 0 Å². The molecule has 1 aromatic heterocycles. The third kappa shape index (κ3) is 4.04. The highest BCUT2D eigenvalue weighted by Gasteiger charge is 2.35. The van der Waals surface area contributed by atoms with Crippen LogP contribution in [0.1, 0.15) is 23.3 Å². The second-order valence-electron chi connectivity index (χ2n) is 6.82. The molecule has 144 valence electrons. The molecule has 2 aliphatic rings. The summed E-state index contributed by atoms with van der Waals surface area (Å²) in [5.41, 5.74) is 1.25. The predicted octanol–water partition coefficient (Wildman–Crippen LogP) is 2.89. The normalized spacial score (nSPS) is 18.3. The van der Waals surface area contributed by atoms with Gasteiger partial charge in [-0.3, -0.25) is 4.99 Å². The van der Waals surface area contributed by atoms with Crippen molar-refractivity contribution < 1.29 is 14.2 Å². The van der Waals surface area contributed by atoms with Gasteiger partial charge >= 0.3 is 0 Å². The van der Waals surface area contributed by atoms with E-state index in [1.807, 2.05) is 6.07 Å². The first kappa shape index (κ1) is 18.1. The van der Waals surface area contributed by atoms with Gasteiger partial charge in [0.1, 0.15) is 0 Å². The molecular formula is C20H25N3O3S. The second kappa shape index (κ2) is 8.19. The number of benzene rings is 1. The molecule has 1 aromatic carbocycles. The fourth-order valence-corrected chi connectivity index (χ4v) is 4.26. The Kier molecular flexibility index (Phi) is 5.50. The maximum atomic E-state index is 5.64. The molecule has 0 aliphatic carbocycles. The van der Waals surface area contributed by atoms with Crippen molar-refractivity contribution in [2.24, 2.45) is 4.99 Å². The summed E-state index contributed by atoms with van der Waals surface area (Å²) in [6.07, 6.45) is 1.92. The van der Waals surface area contributed by atoms with Crippen LogP contribution in [-0.2, 0) is 16.7 Å². The molecule has 1 saturated heterocycles. The van der Waals surface area contributed by atoms with Crippen LogP contribution in [-0.4, -0.2) is 39.6 Å². The smallest absolute Gasteiger partial charge is 0.231 e. The monoisotopic (exact) mass is 387 g/mol. The summed E-state index contributed by atoms with van der Waals surface area (Å²) in [7, 11) is 1.81. The van der Waals surface area contributed by atoms with Gasteiger partial charge in [-0.2, -0.15) is 0 Å². The summed E-state index contributed by atoms with van der Waals surface area (Å²) in [5.74, 6) is 2.47. The SMILES string of the molecule is CN=C(NCc1cccs1)NCC1(c2ccc3c(c2)OCO3)CCOCC1. The van der Waals surface area contributed by atoms with Crippen LogP contribution < -0.4 is 20.1 Å². The van der Waals surface area contributed by atoms with E-state index in [0.29, 0.717) is 6.79 Å². The molecule has 4 rings (SSSR count). The van der Waals surface area contributed by atoms with Gasteiger partial charge in [-0.05, 0) is 42.0 Å². The number of fused-ring (bicyclic) bond motifs is 1. The number of rotatable bonds is 5. The van der Waals surface area contributed by atoms with Crippen LogP contribution >= 0.6 is 11.3 Å². The molecule has 6 nitrogen and oxygen atoms in total. The topological polar surface area (TPSA) is 64.1 Å². The third-order valence-electron chi connectivity index (χ3n) is 5.26. The summed E-state index contributed by atoms with van der Waals surface area (Å²) in [6, 6.07) is 10.5. The van der Waals surface area contributed by atoms with E-state index in [4.69, 9.17) is 14.2 Å². The fraction of sp³-hybridized carbons (Fsp3) is 0.450. The highest BCUT2D eigenvalue weighted by molar-refractivity contribution is 7.09. The first-order valence-corrected chi connectivity index (χ1v) is 10.1. The van der Waals surface area contributed by atoms with E-state index < -0.39 is 0 Å². The first-order chi connectivity index (χ1) is 13.3. The quantitative estimate of drug-likeness (QED) is 0.610. The van der Waals surface area contributed by atoms with E-state index in [9.17, 15) is 0 Å². The molecule has 0 radical (unpaired) electrons. The number of hydrogen-bond donors (Lipinski definition) is 2. The van der Waals surface area contributed by atoms with Gasteiger partial charge < -0.3 is 24.8 Å². The van der Waals surface area contributed by atoms with E-state index >= 15 is 0 Å². The van der Waals surface area contributed by atoms with Crippen LogP contribution in [0.15, 0.2) is 40.7 Å². The average molecular weight is 388 g/mol. The zero-order valence-electron chi connectivity index (χ0n) is 15.5. The molecule has 2 aromatic rings. The highest BCUT2D eigenvalue weighted by Crippen LogP contribution is 2.40. The molecule has 2 N–H and O–H groups in total. The number of thiophene rings is 1. The Bertz CT molecular complexity index is 786. The largest absolute Gasteiger partial charge is 0.454 e. The molecule has 0 unspecified atom stereocenters. The van der Waals surface area contributed by atoms with Crippen molar-refractivity contribution in [1.29, 1.82) is 0 Å². The summed E-state index contributed by atoms with van der Waals surface area (Å²) >= 11 is 1.74. The highest BCUT2D eigenvalue weighted by atomic mass is 32.1. The first-order valence-electron chi connectivity index (χ1n) is 9.24. The number of nitrogens with zero attached hydrogens (tertiary/aromatic N) is 1. The number of hydrogen-bond acceptors (Lipinski definition) is 5. The Labute approximate surface area is 163 Å². The lowest BCUT2D eigenvalue weighted by atomic mass is 9.74. The van der Waals surface area contributed by atoms with E-state index in [1.54, 1.807) is 18.4 Å². The Morgan fingerprint density at radius 3 is 2.78 bits per heavy atom. The minimum Gasteiger partial charge on any atom is -0.454 e. The van der Waals surface area contributed by atoms with Crippen molar-refractivity contribution in [2.45, 2.75) is 24.8 Å². The van der Waals surface area contributed by atoms with Gasteiger partial charge in [0.15, 0.2) is 17.5 Å². The number of ether oxygens (including phenoxy) is 3. The van der Waals surface area contributed by atoms with Crippen molar-refractivity contribution in [2.75, 3.05) is 33.6 Å². The second-order valence-corrected chi connectivity index (χ2v) is 7.85. The molecule has 0 bridgehead atoms. The van der Waals surface area contributed by atoms with Crippen LogP contribution in [0.25, 0.3) is 0 Å². The molecule has 2 aliphatic heterocycles. The van der Waals surface area contributed by atoms with E-state index in [-0.39, 0.29) is 5.41 Å². The minimum absolute atomic E-state index is 0.0141. The zero-order valence-corrected chi connectivity index (χ0v) is 16.3.